The van der Waals surface area contributed by atoms with Crippen molar-refractivity contribution in [2.24, 2.45) is 22.2 Å². The van der Waals surface area contributed by atoms with Gasteiger partial charge in [-0.05, 0) is 48.6 Å². The van der Waals surface area contributed by atoms with E-state index in [1.807, 2.05) is 42.5 Å². The number of nitrogens with zero attached hydrogens (tertiary/aromatic N) is 4. The molecule has 2 aliphatic heterocycles. The number of amides is 4. The van der Waals surface area contributed by atoms with Gasteiger partial charge in [0.25, 0.3) is 0 Å². The number of urea groups is 1. The molecule has 8 N–H and O–H groups in total. The van der Waals surface area contributed by atoms with Gasteiger partial charge in [0.1, 0.15) is 24.6 Å². The summed E-state index contributed by atoms with van der Waals surface area (Å²) < 4.78 is 6.12. The van der Waals surface area contributed by atoms with Crippen LogP contribution in [-0.4, -0.2) is 81.0 Å². The molecule has 2 aliphatic rings. The van der Waals surface area contributed by atoms with E-state index in [1.54, 1.807) is 11.1 Å². The Bertz CT molecular complexity index is 1420. The van der Waals surface area contributed by atoms with Crippen molar-refractivity contribution in [3.63, 3.8) is 0 Å². The van der Waals surface area contributed by atoms with Crippen molar-refractivity contribution in [2.75, 3.05) is 13.2 Å². The number of hydrogen-bond acceptors (Lipinski definition) is 7. The molecule has 13 nitrogen and oxygen atoms in total. The standard InChI is InChI=1S/C28H35N9O4/c29-22(13-19-14-32-16-34-19)25(38)35-28(40)37-23(6-3-11-33-27(30)31)26(39)36-20(8-10-24(36)37)15-41-21-9-7-17-4-1-2-5-18(17)12-21/h1-2,4-5,7,9,12,14,16,20,22-24H,3,6,8,10-11,13,15,29H2,(H,32,34)(H4,30,31,33)(H,35,38,40)/t20?,22?,23-,24?/m0/s1. The summed E-state index contributed by atoms with van der Waals surface area (Å²) in [6, 6.07) is 11.3. The Balaban J connectivity index is 1.28. The first-order chi connectivity index (χ1) is 19.8. The van der Waals surface area contributed by atoms with E-state index in [4.69, 9.17) is 21.9 Å². The van der Waals surface area contributed by atoms with Crippen molar-refractivity contribution >= 4 is 34.6 Å². The lowest BCUT2D eigenvalue weighted by molar-refractivity contribution is -0.131. The van der Waals surface area contributed by atoms with Crippen LogP contribution in [0.5, 0.6) is 5.75 Å². The zero-order valence-corrected chi connectivity index (χ0v) is 22.6. The molecule has 41 heavy (non-hydrogen) atoms. The molecule has 0 spiro atoms. The summed E-state index contributed by atoms with van der Waals surface area (Å²) in [5.74, 6) is -0.155. The molecule has 3 aromatic rings. The van der Waals surface area contributed by atoms with Gasteiger partial charge in [-0.2, -0.15) is 0 Å². The van der Waals surface area contributed by atoms with Gasteiger partial charge in [0, 0.05) is 24.9 Å². The molecule has 0 aliphatic carbocycles. The SMILES string of the molecule is NC(N)=NCCC[C@H]1C(=O)N2C(COc3ccc4ccccc4c3)CCC2N1C(=O)NC(=O)C(N)Cc1cnc[nH]1. The van der Waals surface area contributed by atoms with Gasteiger partial charge in [-0.25, -0.2) is 9.78 Å². The fourth-order valence-corrected chi connectivity index (χ4v) is 5.60. The molecule has 0 saturated carbocycles. The van der Waals surface area contributed by atoms with E-state index in [1.165, 1.54) is 11.2 Å². The van der Waals surface area contributed by atoms with Gasteiger partial charge in [0.05, 0.1) is 18.4 Å². The third-order valence-corrected chi connectivity index (χ3v) is 7.56. The first-order valence-corrected chi connectivity index (χ1v) is 13.7. The molecule has 13 heteroatoms. The Morgan fingerprint density at radius 1 is 1.17 bits per heavy atom. The summed E-state index contributed by atoms with van der Waals surface area (Å²) in [6.07, 6.45) is 4.76. The van der Waals surface area contributed by atoms with Crippen molar-refractivity contribution in [1.29, 1.82) is 0 Å². The van der Waals surface area contributed by atoms with E-state index in [2.05, 4.69) is 20.3 Å². The summed E-state index contributed by atoms with van der Waals surface area (Å²) in [6.45, 7) is 0.597. The zero-order chi connectivity index (χ0) is 28.9. The summed E-state index contributed by atoms with van der Waals surface area (Å²) in [5, 5.41) is 4.58. The minimum absolute atomic E-state index is 0.0410. The number of aromatic amines is 1. The van der Waals surface area contributed by atoms with Crippen LogP contribution in [-0.2, 0) is 16.0 Å². The quantitative estimate of drug-likeness (QED) is 0.136. The number of benzene rings is 2. The average molecular weight is 562 g/mol. The number of nitrogens with two attached hydrogens (primary N) is 3. The number of carbonyl (C=O) groups excluding carboxylic acids is 3. The number of carbonyl (C=O) groups is 3. The van der Waals surface area contributed by atoms with Gasteiger partial charge in [-0.15, -0.1) is 0 Å². The highest BCUT2D eigenvalue weighted by molar-refractivity contribution is 6.00. The number of aliphatic imine (C=N–C) groups is 1. The van der Waals surface area contributed by atoms with Crippen LogP contribution in [0.25, 0.3) is 10.8 Å². The van der Waals surface area contributed by atoms with Gasteiger partial charge in [0.2, 0.25) is 11.8 Å². The zero-order valence-electron chi connectivity index (χ0n) is 22.6. The second-order valence-corrected chi connectivity index (χ2v) is 10.3. The van der Waals surface area contributed by atoms with E-state index < -0.39 is 30.2 Å². The predicted molar refractivity (Wildman–Crippen MR) is 152 cm³/mol. The van der Waals surface area contributed by atoms with E-state index in [-0.39, 0.29) is 30.9 Å². The van der Waals surface area contributed by atoms with Crippen LogP contribution in [0.1, 0.15) is 31.4 Å². The van der Waals surface area contributed by atoms with Crippen LogP contribution in [0.4, 0.5) is 4.79 Å². The van der Waals surface area contributed by atoms with Crippen LogP contribution in [0.2, 0.25) is 0 Å². The first-order valence-electron chi connectivity index (χ1n) is 13.7. The van der Waals surface area contributed by atoms with Crippen LogP contribution in [0.15, 0.2) is 60.0 Å². The second kappa shape index (κ2) is 12.3. The molecule has 216 valence electrons. The predicted octanol–water partition coefficient (Wildman–Crippen LogP) is 0.803. The monoisotopic (exact) mass is 561 g/mol. The van der Waals surface area contributed by atoms with Crippen LogP contribution < -0.4 is 27.3 Å². The number of rotatable bonds is 10. The highest BCUT2D eigenvalue weighted by atomic mass is 16.5. The normalized spacial score (nSPS) is 20.6. The number of fused-ring (bicyclic) bond motifs is 2. The van der Waals surface area contributed by atoms with Crippen LogP contribution in [0.3, 0.4) is 0 Å². The number of aromatic nitrogens is 2. The number of guanidine groups is 1. The number of ether oxygens (including phenoxy) is 1. The molecule has 2 saturated heterocycles. The Morgan fingerprint density at radius 2 is 1.98 bits per heavy atom. The summed E-state index contributed by atoms with van der Waals surface area (Å²) in [5.41, 5.74) is 17.6. The number of imidazole rings is 1. The third kappa shape index (κ3) is 6.24. The Labute approximate surface area is 237 Å². The van der Waals surface area contributed by atoms with E-state index in [0.717, 1.165) is 10.8 Å². The topological polar surface area (TPSA) is 198 Å². The lowest BCUT2D eigenvalue weighted by Gasteiger charge is -2.28. The van der Waals surface area contributed by atoms with Crippen LogP contribution in [0, 0.1) is 0 Å². The number of H-pyrrole nitrogens is 1. The smallest absolute Gasteiger partial charge is 0.326 e. The summed E-state index contributed by atoms with van der Waals surface area (Å²) in [7, 11) is 0. The Morgan fingerprint density at radius 3 is 2.73 bits per heavy atom. The molecular formula is C28H35N9O4. The van der Waals surface area contributed by atoms with Gasteiger partial charge in [-0.3, -0.25) is 24.8 Å². The maximum Gasteiger partial charge on any atom is 0.326 e. The first kappa shape index (κ1) is 27.9. The molecule has 3 unspecified atom stereocenters. The van der Waals surface area contributed by atoms with Crippen molar-refractivity contribution in [2.45, 2.75) is 56.4 Å². The molecule has 3 heterocycles. The molecule has 1 aromatic heterocycles. The largest absolute Gasteiger partial charge is 0.491 e. The lowest BCUT2D eigenvalue weighted by Crippen LogP contribution is -2.53. The van der Waals surface area contributed by atoms with E-state index >= 15 is 0 Å². The second-order valence-electron chi connectivity index (χ2n) is 10.3. The molecule has 2 fully saturated rings. The van der Waals surface area contributed by atoms with Gasteiger partial charge >= 0.3 is 6.03 Å². The minimum atomic E-state index is -0.971. The van der Waals surface area contributed by atoms with Gasteiger partial charge < -0.3 is 31.8 Å². The highest BCUT2D eigenvalue weighted by Gasteiger charge is 2.53. The van der Waals surface area contributed by atoms with Crippen molar-refractivity contribution in [1.82, 2.24) is 25.1 Å². The lowest BCUT2D eigenvalue weighted by atomic mass is 10.1. The summed E-state index contributed by atoms with van der Waals surface area (Å²) >= 11 is 0. The molecule has 2 aromatic carbocycles. The fourth-order valence-electron chi connectivity index (χ4n) is 5.60. The van der Waals surface area contributed by atoms with Crippen LogP contribution >= 0.6 is 0 Å². The average Bonchev–Trinajstić information content (AvgIpc) is 3.68. The maximum absolute atomic E-state index is 13.7. The third-order valence-electron chi connectivity index (χ3n) is 7.56. The fraction of sp³-hybridized carbons (Fsp3) is 0.393. The number of hydrogen-bond donors (Lipinski definition) is 5. The molecule has 4 amide bonds. The van der Waals surface area contributed by atoms with Gasteiger partial charge in [-0.1, -0.05) is 30.3 Å². The molecular weight excluding hydrogens is 526 g/mol. The van der Waals surface area contributed by atoms with E-state index in [9.17, 15) is 14.4 Å². The molecule has 0 radical (unpaired) electrons. The number of imide groups is 1. The molecule has 5 rings (SSSR count). The van der Waals surface area contributed by atoms with Crippen molar-refractivity contribution in [3.05, 3.63) is 60.7 Å². The van der Waals surface area contributed by atoms with E-state index in [0.29, 0.717) is 43.7 Å². The summed E-state index contributed by atoms with van der Waals surface area (Å²) in [4.78, 5) is 53.9. The Kier molecular flexibility index (Phi) is 8.34. The maximum atomic E-state index is 13.7. The highest BCUT2D eigenvalue weighted by Crippen LogP contribution is 2.37. The molecule has 4 atom stereocenters. The Hall–Kier alpha value is -4.65. The molecule has 0 bridgehead atoms. The number of nitrogens with one attached hydrogen (secondary N) is 2. The van der Waals surface area contributed by atoms with Crippen molar-refractivity contribution < 1.29 is 19.1 Å². The van der Waals surface area contributed by atoms with Gasteiger partial charge in [0.15, 0.2) is 5.96 Å². The minimum Gasteiger partial charge on any atom is -0.491 e. The van der Waals surface area contributed by atoms with Crippen molar-refractivity contribution in [3.8, 4) is 5.75 Å².